The van der Waals surface area contributed by atoms with Gasteiger partial charge < -0.3 is 29.2 Å². The maximum absolute atomic E-state index is 14.0. The number of Topliss-reactive ketones (excluding diaryl/α,β-unsaturated/α-hetero) is 1. The van der Waals surface area contributed by atoms with Gasteiger partial charge in [0.25, 0.3) is 0 Å². The van der Waals surface area contributed by atoms with Gasteiger partial charge in [0.2, 0.25) is 0 Å². The van der Waals surface area contributed by atoms with Crippen LogP contribution in [0.25, 0.3) is 0 Å². The number of ether oxygens (including phenoxy) is 4. The summed E-state index contributed by atoms with van der Waals surface area (Å²) >= 11 is 0. The normalized spacial score (nSPS) is 22.6. The lowest BCUT2D eigenvalue weighted by atomic mass is 9.74. The molecule has 1 aliphatic rings. The molecular formula is C31H34O7. The molecule has 1 aliphatic heterocycles. The molecule has 0 spiro atoms. The number of carbonyl (C=O) groups excluding carboxylic acids is 1. The molecule has 200 valence electrons. The molecule has 3 aromatic rings. The highest BCUT2D eigenvalue weighted by atomic mass is 16.7. The summed E-state index contributed by atoms with van der Waals surface area (Å²) in [6.07, 6.45) is -1.26. The lowest BCUT2D eigenvalue weighted by Crippen LogP contribution is -2.67. The van der Waals surface area contributed by atoms with Crippen LogP contribution in [0.1, 0.15) is 21.5 Å². The van der Waals surface area contributed by atoms with Gasteiger partial charge in [-0.15, -0.1) is 6.58 Å². The smallest absolute Gasteiger partial charge is 0.187 e. The number of rotatable bonds is 13. The molecular weight excluding hydrogens is 484 g/mol. The van der Waals surface area contributed by atoms with Gasteiger partial charge in [0, 0.05) is 5.56 Å². The summed E-state index contributed by atoms with van der Waals surface area (Å²) < 4.78 is 24.9. The van der Waals surface area contributed by atoms with Crippen LogP contribution >= 0.6 is 0 Å². The Balaban J connectivity index is 1.75. The predicted molar refractivity (Wildman–Crippen MR) is 142 cm³/mol. The van der Waals surface area contributed by atoms with E-state index < -0.39 is 43.2 Å². The third-order valence-corrected chi connectivity index (χ3v) is 6.66. The van der Waals surface area contributed by atoms with Crippen LogP contribution in [-0.4, -0.2) is 59.9 Å². The van der Waals surface area contributed by atoms with E-state index in [2.05, 4.69) is 6.58 Å². The van der Waals surface area contributed by atoms with Gasteiger partial charge in [0.1, 0.15) is 17.8 Å². The number of aliphatic hydroxyl groups excluding tert-OH is 2. The van der Waals surface area contributed by atoms with Crippen LogP contribution in [0.15, 0.2) is 104 Å². The molecule has 38 heavy (non-hydrogen) atoms. The largest absolute Gasteiger partial charge is 0.393 e. The molecule has 7 heteroatoms. The lowest BCUT2D eigenvalue weighted by molar-refractivity contribution is -0.338. The second kappa shape index (κ2) is 13.6. The van der Waals surface area contributed by atoms with Crippen molar-refractivity contribution < 1.29 is 34.0 Å². The zero-order chi connectivity index (χ0) is 26.8. The SMILES string of the molecule is C=CCOC1OC(CO)(CO)[C@@H](C(=O)c2ccccc2)[C@H](OCc2ccccc2)[C@H]1OCc1ccccc1. The van der Waals surface area contributed by atoms with E-state index in [9.17, 15) is 15.0 Å². The zero-order valence-electron chi connectivity index (χ0n) is 21.2. The van der Waals surface area contributed by atoms with E-state index in [0.29, 0.717) is 5.56 Å². The van der Waals surface area contributed by atoms with E-state index in [0.717, 1.165) is 11.1 Å². The molecule has 7 nitrogen and oxygen atoms in total. The fraction of sp³-hybridized carbons (Fsp3) is 0.323. The summed E-state index contributed by atoms with van der Waals surface area (Å²) in [5.74, 6) is -1.42. The molecule has 0 aromatic heterocycles. The van der Waals surface area contributed by atoms with Gasteiger partial charge in [0.05, 0.1) is 39.0 Å². The minimum Gasteiger partial charge on any atom is -0.393 e. The number of ketones is 1. The van der Waals surface area contributed by atoms with Gasteiger partial charge in [0.15, 0.2) is 12.1 Å². The van der Waals surface area contributed by atoms with E-state index in [4.69, 9.17) is 18.9 Å². The van der Waals surface area contributed by atoms with E-state index in [1.165, 1.54) is 0 Å². The maximum atomic E-state index is 14.0. The van der Waals surface area contributed by atoms with E-state index in [1.807, 2.05) is 66.7 Å². The van der Waals surface area contributed by atoms with E-state index in [1.54, 1.807) is 30.3 Å². The van der Waals surface area contributed by atoms with Crippen molar-refractivity contribution in [1.82, 2.24) is 0 Å². The molecule has 0 radical (unpaired) electrons. The fourth-order valence-corrected chi connectivity index (χ4v) is 4.70. The predicted octanol–water partition coefficient (Wildman–Crippen LogP) is 3.94. The first kappa shape index (κ1) is 27.9. The van der Waals surface area contributed by atoms with Gasteiger partial charge in [-0.2, -0.15) is 0 Å². The maximum Gasteiger partial charge on any atom is 0.187 e. The molecule has 1 saturated heterocycles. The number of aliphatic hydroxyl groups is 2. The van der Waals surface area contributed by atoms with Crippen LogP contribution in [-0.2, 0) is 32.2 Å². The topological polar surface area (TPSA) is 94.5 Å². The first-order chi connectivity index (χ1) is 18.6. The molecule has 0 aliphatic carbocycles. The third kappa shape index (κ3) is 6.45. The van der Waals surface area contributed by atoms with Crippen molar-refractivity contribution in [3.05, 3.63) is 120 Å². The second-order valence-electron chi connectivity index (χ2n) is 9.22. The van der Waals surface area contributed by atoms with Crippen molar-refractivity contribution in [3.8, 4) is 0 Å². The average molecular weight is 519 g/mol. The monoisotopic (exact) mass is 518 g/mol. The summed E-state index contributed by atoms with van der Waals surface area (Å²) in [5, 5.41) is 21.1. The number of hydrogen-bond donors (Lipinski definition) is 2. The van der Waals surface area contributed by atoms with Crippen molar-refractivity contribution >= 4 is 5.78 Å². The number of carbonyl (C=O) groups is 1. The van der Waals surface area contributed by atoms with Gasteiger partial charge >= 0.3 is 0 Å². The van der Waals surface area contributed by atoms with Crippen LogP contribution in [0.2, 0.25) is 0 Å². The van der Waals surface area contributed by atoms with Crippen LogP contribution in [0, 0.1) is 5.92 Å². The highest BCUT2D eigenvalue weighted by molar-refractivity contribution is 5.99. The summed E-state index contributed by atoms with van der Waals surface area (Å²) in [4.78, 5) is 14.0. The third-order valence-electron chi connectivity index (χ3n) is 6.66. The summed E-state index contributed by atoms with van der Waals surface area (Å²) in [6, 6.07) is 27.9. The Morgan fingerprint density at radius 3 is 1.79 bits per heavy atom. The zero-order valence-corrected chi connectivity index (χ0v) is 21.2. The van der Waals surface area contributed by atoms with E-state index in [-0.39, 0.29) is 25.6 Å². The Kier molecular flexibility index (Phi) is 9.95. The minimum atomic E-state index is -1.67. The van der Waals surface area contributed by atoms with Crippen LogP contribution < -0.4 is 0 Å². The van der Waals surface area contributed by atoms with Crippen LogP contribution in [0.3, 0.4) is 0 Å². The Morgan fingerprint density at radius 2 is 1.29 bits per heavy atom. The molecule has 1 unspecified atom stereocenters. The first-order valence-electron chi connectivity index (χ1n) is 12.6. The summed E-state index contributed by atoms with van der Waals surface area (Å²) in [6.45, 7) is 2.98. The molecule has 3 aromatic carbocycles. The highest BCUT2D eigenvalue weighted by Crippen LogP contribution is 2.40. The number of hydrogen-bond acceptors (Lipinski definition) is 7. The van der Waals surface area contributed by atoms with Crippen molar-refractivity contribution in [2.45, 2.75) is 37.3 Å². The van der Waals surface area contributed by atoms with Crippen LogP contribution in [0.4, 0.5) is 0 Å². The summed E-state index contributed by atoms with van der Waals surface area (Å²) in [7, 11) is 0. The number of benzene rings is 3. The van der Waals surface area contributed by atoms with Gasteiger partial charge in [-0.1, -0.05) is 97.1 Å². The standard InChI is InChI=1S/C31H34O7/c1-2-18-35-30-29(37-20-24-14-8-4-9-15-24)28(36-19-23-12-6-3-7-13-23)26(31(21-32,22-33)38-30)27(34)25-16-10-5-11-17-25/h2-17,26,28-30,32-33H,1,18-22H2/t26-,28-,29+,30?/m0/s1. The molecule has 4 atom stereocenters. The molecule has 0 amide bonds. The van der Waals surface area contributed by atoms with Crippen molar-refractivity contribution in [2.75, 3.05) is 19.8 Å². The Morgan fingerprint density at radius 1 is 0.789 bits per heavy atom. The Bertz CT molecular complexity index is 1130. The second-order valence-corrected chi connectivity index (χ2v) is 9.22. The Hall–Kier alpha value is -3.17. The average Bonchev–Trinajstić information content (AvgIpc) is 2.98. The van der Waals surface area contributed by atoms with E-state index >= 15 is 0 Å². The molecule has 0 saturated carbocycles. The molecule has 2 N–H and O–H groups in total. The van der Waals surface area contributed by atoms with Crippen molar-refractivity contribution in [1.29, 1.82) is 0 Å². The Labute approximate surface area is 223 Å². The van der Waals surface area contributed by atoms with Crippen molar-refractivity contribution in [3.63, 3.8) is 0 Å². The molecule has 0 bridgehead atoms. The van der Waals surface area contributed by atoms with Gasteiger partial charge in [-0.05, 0) is 11.1 Å². The molecule has 1 heterocycles. The van der Waals surface area contributed by atoms with Gasteiger partial charge in [-0.25, -0.2) is 0 Å². The molecule has 4 rings (SSSR count). The quantitative estimate of drug-likeness (QED) is 0.262. The molecule has 1 fully saturated rings. The van der Waals surface area contributed by atoms with Gasteiger partial charge in [-0.3, -0.25) is 4.79 Å². The fourth-order valence-electron chi connectivity index (χ4n) is 4.70. The van der Waals surface area contributed by atoms with Crippen molar-refractivity contribution in [2.24, 2.45) is 5.92 Å². The lowest BCUT2D eigenvalue weighted by Gasteiger charge is -2.51. The minimum absolute atomic E-state index is 0.130. The first-order valence-corrected chi connectivity index (χ1v) is 12.6. The van der Waals surface area contributed by atoms with Crippen LogP contribution in [0.5, 0.6) is 0 Å². The summed E-state index contributed by atoms with van der Waals surface area (Å²) in [5.41, 5.74) is 0.554. The highest BCUT2D eigenvalue weighted by Gasteiger charge is 2.59.